The highest BCUT2D eigenvalue weighted by molar-refractivity contribution is 7.90. The van der Waals surface area contributed by atoms with E-state index < -0.39 is 10.0 Å². The van der Waals surface area contributed by atoms with Gasteiger partial charge in [-0.2, -0.15) is 5.10 Å². The number of nitrogens with zero attached hydrogens (tertiary/aromatic N) is 5. The monoisotopic (exact) mass is 349 g/mol. The average Bonchev–Trinajstić information content (AvgIpc) is 3.33. The van der Waals surface area contributed by atoms with Crippen molar-refractivity contribution in [2.75, 3.05) is 13.1 Å². The van der Waals surface area contributed by atoms with Crippen LogP contribution in [0.3, 0.4) is 0 Å². The van der Waals surface area contributed by atoms with Crippen molar-refractivity contribution < 1.29 is 13.2 Å². The maximum Gasteiger partial charge on any atom is 0.233 e. The Morgan fingerprint density at radius 3 is 2.46 bits per heavy atom. The van der Waals surface area contributed by atoms with Crippen molar-refractivity contribution in [1.82, 2.24) is 24.3 Å². The van der Waals surface area contributed by atoms with Crippen molar-refractivity contribution in [1.29, 1.82) is 0 Å². The van der Waals surface area contributed by atoms with Gasteiger partial charge in [-0.05, 0) is 37.8 Å². The minimum absolute atomic E-state index is 0.0273. The first-order valence-corrected chi connectivity index (χ1v) is 9.62. The van der Waals surface area contributed by atoms with Gasteiger partial charge in [-0.3, -0.25) is 0 Å². The van der Waals surface area contributed by atoms with Gasteiger partial charge in [0.05, 0.1) is 5.25 Å². The Hall–Kier alpha value is -2.00. The zero-order valence-corrected chi connectivity index (χ0v) is 14.0. The predicted molar refractivity (Wildman–Crippen MR) is 86.3 cm³/mol. The van der Waals surface area contributed by atoms with E-state index in [1.807, 2.05) is 6.07 Å². The van der Waals surface area contributed by atoms with E-state index in [1.165, 1.54) is 0 Å². The maximum atomic E-state index is 12.2. The summed E-state index contributed by atoms with van der Waals surface area (Å²) in [4.78, 5) is 0. The molecule has 2 fully saturated rings. The fourth-order valence-electron chi connectivity index (χ4n) is 2.85. The number of ether oxygens (including phenoxy) is 1. The molecule has 2 aliphatic rings. The zero-order chi connectivity index (χ0) is 16.6. The molecule has 128 valence electrons. The van der Waals surface area contributed by atoms with Crippen molar-refractivity contribution in [3.05, 3.63) is 30.6 Å². The lowest BCUT2D eigenvalue weighted by molar-refractivity contribution is 0.128. The number of piperidine rings is 1. The second kappa shape index (κ2) is 6.14. The number of hydrogen-bond acceptors (Lipinski definition) is 6. The van der Waals surface area contributed by atoms with Crippen molar-refractivity contribution in [2.24, 2.45) is 0 Å². The molecule has 2 aromatic rings. The van der Waals surface area contributed by atoms with Crippen LogP contribution in [-0.4, -0.2) is 57.1 Å². The first-order chi connectivity index (χ1) is 11.6. The molecule has 0 bridgehead atoms. The molecule has 2 aromatic heterocycles. The van der Waals surface area contributed by atoms with Gasteiger partial charge in [0.2, 0.25) is 15.9 Å². The number of sulfonamides is 1. The summed E-state index contributed by atoms with van der Waals surface area (Å²) in [6.45, 7) is 1.03. The van der Waals surface area contributed by atoms with Crippen molar-refractivity contribution in [2.45, 2.75) is 37.0 Å². The van der Waals surface area contributed by atoms with Crippen LogP contribution in [0, 0.1) is 0 Å². The summed E-state index contributed by atoms with van der Waals surface area (Å²) >= 11 is 0. The number of hydrogen-bond donors (Lipinski definition) is 0. The van der Waals surface area contributed by atoms with Crippen LogP contribution in [0.1, 0.15) is 25.7 Å². The third kappa shape index (κ3) is 3.13. The van der Waals surface area contributed by atoms with Gasteiger partial charge in [-0.25, -0.2) is 17.4 Å². The van der Waals surface area contributed by atoms with Crippen LogP contribution in [0.5, 0.6) is 5.88 Å². The minimum Gasteiger partial charge on any atom is -0.473 e. The molecule has 0 aromatic carbocycles. The Labute approximate surface area is 140 Å². The molecule has 9 heteroatoms. The third-order valence-corrected chi connectivity index (χ3v) is 6.76. The molecule has 0 N–H and O–H groups in total. The van der Waals surface area contributed by atoms with E-state index in [-0.39, 0.29) is 11.4 Å². The smallest absolute Gasteiger partial charge is 0.233 e. The Morgan fingerprint density at radius 2 is 1.88 bits per heavy atom. The van der Waals surface area contributed by atoms with Gasteiger partial charge >= 0.3 is 0 Å². The highest BCUT2D eigenvalue weighted by atomic mass is 32.2. The number of aromatic nitrogens is 4. The largest absolute Gasteiger partial charge is 0.473 e. The van der Waals surface area contributed by atoms with Crippen molar-refractivity contribution in [3.8, 4) is 11.7 Å². The van der Waals surface area contributed by atoms with Crippen LogP contribution in [0.2, 0.25) is 0 Å². The standard InChI is InChI=1S/C15H19N5O3S/c21-24(22,13-2-3-13)19-10-6-12(7-11-19)23-15-5-4-14(17-18-15)20-9-1-8-16-20/h1,4-5,8-9,12-13H,2-3,6-7,10-11H2. The van der Waals surface area contributed by atoms with Gasteiger partial charge in [-0.1, -0.05) is 0 Å². The Morgan fingerprint density at radius 1 is 1.08 bits per heavy atom. The first-order valence-electron chi connectivity index (χ1n) is 8.12. The summed E-state index contributed by atoms with van der Waals surface area (Å²) < 4.78 is 33.5. The lowest BCUT2D eigenvalue weighted by atomic mass is 10.1. The van der Waals surface area contributed by atoms with Crippen molar-refractivity contribution in [3.63, 3.8) is 0 Å². The van der Waals surface area contributed by atoms with Gasteiger partial charge in [0.15, 0.2) is 5.82 Å². The SMILES string of the molecule is O=S(=O)(C1CC1)N1CCC(Oc2ccc(-n3cccn3)nn2)CC1. The molecular weight excluding hydrogens is 330 g/mol. The van der Waals surface area contributed by atoms with Gasteiger partial charge in [0, 0.05) is 31.5 Å². The van der Waals surface area contributed by atoms with E-state index in [9.17, 15) is 8.42 Å². The molecule has 1 saturated heterocycles. The van der Waals surface area contributed by atoms with Crippen molar-refractivity contribution >= 4 is 10.0 Å². The summed E-state index contributed by atoms with van der Waals surface area (Å²) in [6.07, 6.45) is 6.40. The fourth-order valence-corrected chi connectivity index (χ4v) is 4.73. The second-order valence-corrected chi connectivity index (χ2v) is 8.35. The molecule has 1 saturated carbocycles. The normalized spacial score (nSPS) is 20.2. The van der Waals surface area contributed by atoms with E-state index in [2.05, 4.69) is 15.3 Å². The average molecular weight is 349 g/mol. The second-order valence-electron chi connectivity index (χ2n) is 6.14. The Balaban J connectivity index is 1.34. The summed E-state index contributed by atoms with van der Waals surface area (Å²) in [5.74, 6) is 1.08. The molecule has 4 rings (SSSR count). The molecule has 0 atom stereocenters. The van der Waals surface area contributed by atoms with E-state index in [1.54, 1.807) is 33.5 Å². The Bertz CT molecular complexity index is 779. The van der Waals surface area contributed by atoms with Gasteiger partial charge < -0.3 is 4.74 Å². The molecule has 1 aliphatic heterocycles. The quantitative estimate of drug-likeness (QED) is 0.800. The van der Waals surface area contributed by atoms with Gasteiger partial charge in [-0.15, -0.1) is 10.2 Å². The van der Waals surface area contributed by atoms with Crippen LogP contribution in [0.4, 0.5) is 0 Å². The minimum atomic E-state index is -3.08. The molecule has 1 aliphatic carbocycles. The van der Waals surface area contributed by atoms with E-state index in [4.69, 9.17) is 4.74 Å². The van der Waals surface area contributed by atoms with Gasteiger partial charge in [0.25, 0.3) is 0 Å². The van der Waals surface area contributed by atoms with Crippen LogP contribution in [0.15, 0.2) is 30.6 Å². The topological polar surface area (TPSA) is 90.2 Å². The lowest BCUT2D eigenvalue weighted by Gasteiger charge is -2.31. The van der Waals surface area contributed by atoms with Crippen LogP contribution in [0.25, 0.3) is 5.82 Å². The first kappa shape index (κ1) is 15.5. The summed E-state index contributed by atoms with van der Waals surface area (Å²) in [7, 11) is -3.08. The highest BCUT2D eigenvalue weighted by Crippen LogP contribution is 2.32. The van der Waals surface area contributed by atoms with Crippen LogP contribution < -0.4 is 4.74 Å². The molecule has 0 radical (unpaired) electrons. The zero-order valence-electron chi connectivity index (χ0n) is 13.2. The molecule has 8 nitrogen and oxygen atoms in total. The molecule has 24 heavy (non-hydrogen) atoms. The molecule has 3 heterocycles. The summed E-state index contributed by atoms with van der Waals surface area (Å²) in [5.41, 5.74) is 0. The van der Waals surface area contributed by atoms with Crippen LogP contribution in [-0.2, 0) is 10.0 Å². The molecule has 0 spiro atoms. The van der Waals surface area contributed by atoms with Crippen LogP contribution >= 0.6 is 0 Å². The van der Waals surface area contributed by atoms with Gasteiger partial charge in [0.1, 0.15) is 6.10 Å². The fraction of sp³-hybridized carbons (Fsp3) is 0.533. The molecule has 0 amide bonds. The van der Waals surface area contributed by atoms with E-state index in [0.717, 1.165) is 12.8 Å². The summed E-state index contributed by atoms with van der Waals surface area (Å²) in [6, 6.07) is 5.37. The Kier molecular flexibility index (Phi) is 3.97. The summed E-state index contributed by atoms with van der Waals surface area (Å²) in [5, 5.41) is 12.1. The molecule has 0 unspecified atom stereocenters. The highest BCUT2D eigenvalue weighted by Gasteiger charge is 2.41. The third-order valence-electron chi connectivity index (χ3n) is 4.36. The predicted octanol–water partition coefficient (Wildman–Crippen LogP) is 0.998. The van der Waals surface area contributed by atoms with E-state index in [0.29, 0.717) is 37.6 Å². The lowest BCUT2D eigenvalue weighted by Crippen LogP contribution is -2.43. The number of rotatable bonds is 5. The maximum absolute atomic E-state index is 12.2. The molecular formula is C15H19N5O3S. The van der Waals surface area contributed by atoms with E-state index >= 15 is 0 Å².